The van der Waals surface area contributed by atoms with Crippen molar-refractivity contribution in [1.82, 2.24) is 5.32 Å². The van der Waals surface area contributed by atoms with E-state index in [2.05, 4.69) is 55.6 Å². The molecule has 0 radical (unpaired) electrons. The molecule has 0 fully saturated rings. The summed E-state index contributed by atoms with van der Waals surface area (Å²) in [6.07, 6.45) is 58.9. The van der Waals surface area contributed by atoms with Gasteiger partial charge in [-0.15, -0.1) is 0 Å². The van der Waals surface area contributed by atoms with Crippen LogP contribution in [0.2, 0.25) is 0 Å². The minimum atomic E-state index is -4.59. The van der Waals surface area contributed by atoms with Crippen molar-refractivity contribution in [3.63, 3.8) is 0 Å². The molecule has 370 valence electrons. The quantitative estimate of drug-likeness (QED) is 0.0272. The van der Waals surface area contributed by atoms with Gasteiger partial charge in [-0.25, -0.2) is 0 Å². The third-order valence-electron chi connectivity index (χ3n) is 11.8. The van der Waals surface area contributed by atoms with Crippen molar-refractivity contribution in [2.75, 3.05) is 40.9 Å². The van der Waals surface area contributed by atoms with Crippen molar-refractivity contribution in [1.29, 1.82) is 0 Å². The molecule has 0 aromatic heterocycles. The Balaban J connectivity index is 4.14. The van der Waals surface area contributed by atoms with Gasteiger partial charge in [0, 0.05) is 6.42 Å². The normalized spacial score (nSPS) is 14.5. The van der Waals surface area contributed by atoms with Crippen LogP contribution in [-0.2, 0) is 18.4 Å². The Morgan fingerprint density at radius 2 is 0.937 bits per heavy atom. The summed E-state index contributed by atoms with van der Waals surface area (Å²) in [4.78, 5) is 25.3. The van der Waals surface area contributed by atoms with Gasteiger partial charge in [0.15, 0.2) is 0 Å². The number of carbonyl (C=O) groups is 1. The maximum atomic E-state index is 12.9. The summed E-state index contributed by atoms with van der Waals surface area (Å²) in [7, 11) is 1.26. The number of carbonyl (C=O) groups excluding carboxylic acids is 1. The van der Waals surface area contributed by atoms with E-state index in [1.54, 1.807) is 0 Å². The van der Waals surface area contributed by atoms with Crippen molar-refractivity contribution in [3.8, 4) is 0 Å². The fourth-order valence-electron chi connectivity index (χ4n) is 7.70. The lowest BCUT2D eigenvalue weighted by molar-refractivity contribution is -0.870. The summed E-state index contributed by atoms with van der Waals surface area (Å²) in [6.45, 7) is 4.56. The number of aliphatic hydroxyl groups is 1. The van der Waals surface area contributed by atoms with Crippen LogP contribution in [0.15, 0.2) is 48.6 Å². The zero-order valence-corrected chi connectivity index (χ0v) is 42.9. The van der Waals surface area contributed by atoms with E-state index in [-0.39, 0.29) is 25.5 Å². The molecular formula is C54H103N2O6P. The number of likely N-dealkylation sites (N-methyl/N-ethyl adjacent to an activating group) is 1. The van der Waals surface area contributed by atoms with Crippen LogP contribution in [-0.4, -0.2) is 68.5 Å². The van der Waals surface area contributed by atoms with E-state index in [1.165, 1.54) is 161 Å². The van der Waals surface area contributed by atoms with Crippen molar-refractivity contribution < 1.29 is 32.9 Å². The first-order chi connectivity index (χ1) is 30.5. The number of phosphoric ester groups is 1. The summed E-state index contributed by atoms with van der Waals surface area (Å²) >= 11 is 0. The average Bonchev–Trinajstić information content (AvgIpc) is 3.24. The Kier molecular flexibility index (Phi) is 44.5. The maximum Gasteiger partial charge on any atom is 0.268 e. The molecule has 0 saturated carbocycles. The molecule has 0 bridgehead atoms. The van der Waals surface area contributed by atoms with E-state index in [4.69, 9.17) is 9.05 Å². The predicted octanol–water partition coefficient (Wildman–Crippen LogP) is 15.0. The molecule has 3 atom stereocenters. The molecular weight excluding hydrogens is 804 g/mol. The van der Waals surface area contributed by atoms with E-state index in [9.17, 15) is 19.4 Å². The predicted molar refractivity (Wildman–Crippen MR) is 270 cm³/mol. The second kappa shape index (κ2) is 45.6. The fraction of sp³-hybridized carbons (Fsp3) is 0.833. The molecule has 0 spiro atoms. The monoisotopic (exact) mass is 907 g/mol. The lowest BCUT2D eigenvalue weighted by Gasteiger charge is -2.30. The molecule has 2 N–H and O–H groups in total. The molecule has 0 saturated heterocycles. The zero-order chi connectivity index (χ0) is 46.4. The van der Waals surface area contributed by atoms with Gasteiger partial charge in [0.1, 0.15) is 13.2 Å². The molecule has 1 amide bonds. The first kappa shape index (κ1) is 61.5. The van der Waals surface area contributed by atoms with E-state index in [0.717, 1.165) is 44.9 Å². The maximum absolute atomic E-state index is 12.9. The minimum absolute atomic E-state index is 0.00163. The zero-order valence-electron chi connectivity index (χ0n) is 42.0. The molecule has 0 aliphatic carbocycles. The number of unbranched alkanes of at least 4 members (excludes halogenated alkanes) is 27. The smallest absolute Gasteiger partial charge is 0.268 e. The third kappa shape index (κ3) is 48.2. The highest BCUT2D eigenvalue weighted by molar-refractivity contribution is 7.45. The Morgan fingerprint density at radius 3 is 1.32 bits per heavy atom. The molecule has 0 heterocycles. The topological polar surface area (TPSA) is 108 Å². The highest BCUT2D eigenvalue weighted by Crippen LogP contribution is 2.38. The van der Waals surface area contributed by atoms with Crippen LogP contribution in [0.4, 0.5) is 0 Å². The number of quaternary nitrogens is 1. The van der Waals surface area contributed by atoms with Crippen molar-refractivity contribution in [2.24, 2.45) is 0 Å². The van der Waals surface area contributed by atoms with E-state index in [1.807, 2.05) is 33.3 Å². The number of amides is 1. The van der Waals surface area contributed by atoms with Gasteiger partial charge in [-0.3, -0.25) is 9.36 Å². The second-order valence-corrected chi connectivity index (χ2v) is 20.6. The number of nitrogens with one attached hydrogen (secondary N) is 1. The molecule has 0 aromatic rings. The molecule has 63 heavy (non-hydrogen) atoms. The van der Waals surface area contributed by atoms with Crippen LogP contribution in [0.1, 0.15) is 239 Å². The van der Waals surface area contributed by atoms with Gasteiger partial charge in [0.05, 0.1) is 39.9 Å². The summed E-state index contributed by atoms with van der Waals surface area (Å²) < 4.78 is 23.3. The van der Waals surface area contributed by atoms with Crippen molar-refractivity contribution in [3.05, 3.63) is 48.6 Å². The first-order valence-electron chi connectivity index (χ1n) is 26.5. The van der Waals surface area contributed by atoms with Gasteiger partial charge in [-0.05, 0) is 38.5 Å². The van der Waals surface area contributed by atoms with Crippen LogP contribution in [0.5, 0.6) is 0 Å². The van der Waals surface area contributed by atoms with Crippen molar-refractivity contribution in [2.45, 2.75) is 251 Å². The number of hydrogen-bond acceptors (Lipinski definition) is 6. The molecule has 0 aliphatic rings. The van der Waals surface area contributed by atoms with E-state index in [0.29, 0.717) is 23.9 Å². The summed E-state index contributed by atoms with van der Waals surface area (Å²) in [5, 5.41) is 13.9. The van der Waals surface area contributed by atoms with Crippen molar-refractivity contribution >= 4 is 13.7 Å². The molecule has 0 aliphatic heterocycles. The van der Waals surface area contributed by atoms with E-state index >= 15 is 0 Å². The SMILES string of the molecule is CC/C=C\C/C=C\C/C=C\C/C=C\CCC(=O)NC(COP(=O)([O-])OCC[N+](C)(C)C)C(O)CCCCCCCCCCCCCCCCCCCCCCCCCCCCCC. The molecule has 9 heteroatoms. The minimum Gasteiger partial charge on any atom is -0.756 e. The summed E-state index contributed by atoms with van der Waals surface area (Å²) in [5.41, 5.74) is 0. The van der Waals surface area contributed by atoms with Crippen LogP contribution in [0.3, 0.4) is 0 Å². The van der Waals surface area contributed by atoms with Crippen LogP contribution < -0.4 is 10.2 Å². The van der Waals surface area contributed by atoms with Gasteiger partial charge in [0.2, 0.25) is 5.91 Å². The van der Waals surface area contributed by atoms with Gasteiger partial charge >= 0.3 is 0 Å². The average molecular weight is 907 g/mol. The largest absolute Gasteiger partial charge is 0.756 e. The lowest BCUT2D eigenvalue weighted by atomic mass is 10.0. The summed E-state index contributed by atoms with van der Waals surface area (Å²) in [6, 6.07) is -0.840. The molecule has 0 aromatic carbocycles. The van der Waals surface area contributed by atoms with Gasteiger partial charge < -0.3 is 28.8 Å². The van der Waals surface area contributed by atoms with E-state index < -0.39 is 20.0 Å². The third-order valence-corrected chi connectivity index (χ3v) is 12.8. The van der Waals surface area contributed by atoms with Gasteiger partial charge in [-0.2, -0.15) is 0 Å². The first-order valence-corrected chi connectivity index (χ1v) is 27.9. The Hall–Kier alpha value is -1.54. The van der Waals surface area contributed by atoms with Gasteiger partial charge in [0.25, 0.3) is 7.82 Å². The Morgan fingerprint density at radius 1 is 0.571 bits per heavy atom. The standard InChI is InChI=1S/C54H103N2O6P/c1-6-8-10-12-14-16-18-20-21-22-23-24-25-26-27-28-29-30-31-32-33-34-36-37-39-41-43-45-47-53(57)52(51-62-63(59,60)61-50-49-56(3,4)5)55-54(58)48-46-44-42-40-38-35-19-17-15-13-11-9-7-2/h9,11,15,17,35,38,42,44,52-53,57H,6-8,10,12-14,16,18-34,36-37,39-41,43,45-51H2,1-5H3,(H-,55,58,59,60)/b11-9-,17-15-,38-35-,44-42-. The number of aliphatic hydroxyl groups excluding tert-OH is 1. The number of allylic oxidation sites excluding steroid dienone is 8. The second-order valence-electron chi connectivity index (χ2n) is 19.2. The highest BCUT2D eigenvalue weighted by Gasteiger charge is 2.24. The molecule has 0 rings (SSSR count). The number of rotatable bonds is 48. The Bertz CT molecular complexity index is 1170. The highest BCUT2D eigenvalue weighted by atomic mass is 31.2. The van der Waals surface area contributed by atoms with Crippen LogP contribution >= 0.6 is 7.82 Å². The lowest BCUT2D eigenvalue weighted by Crippen LogP contribution is -2.46. The number of hydrogen-bond donors (Lipinski definition) is 2. The molecule has 3 unspecified atom stereocenters. The Labute approximate surface area is 390 Å². The fourth-order valence-corrected chi connectivity index (χ4v) is 8.42. The summed E-state index contributed by atoms with van der Waals surface area (Å²) in [5.74, 6) is -0.243. The molecule has 8 nitrogen and oxygen atoms in total. The number of phosphoric acid groups is 1. The van der Waals surface area contributed by atoms with Crippen LogP contribution in [0.25, 0.3) is 0 Å². The van der Waals surface area contributed by atoms with Gasteiger partial charge in [-0.1, -0.05) is 242 Å². The van der Waals surface area contributed by atoms with Crippen LogP contribution in [0, 0.1) is 0 Å². The number of nitrogens with zero attached hydrogens (tertiary/aromatic N) is 1.